The molecule has 0 aliphatic heterocycles. The van der Waals surface area contributed by atoms with E-state index < -0.39 is 0 Å². The van der Waals surface area contributed by atoms with E-state index in [1.54, 1.807) is 48.3 Å². The number of carbonyl (C=O) groups excluding carboxylic acids is 2. The monoisotopic (exact) mass is 366 g/mol. The minimum Gasteiger partial charge on any atom is -0.326 e. The Morgan fingerprint density at radius 2 is 1.78 bits per heavy atom. The molecular formula is C19H22N6O2. The van der Waals surface area contributed by atoms with Crippen LogP contribution in [0.4, 0.5) is 11.4 Å². The minimum absolute atomic E-state index is 0.115. The molecule has 8 heteroatoms. The Morgan fingerprint density at radius 1 is 1.04 bits per heavy atom. The van der Waals surface area contributed by atoms with Crippen molar-refractivity contribution in [1.82, 2.24) is 19.6 Å². The summed E-state index contributed by atoms with van der Waals surface area (Å²) in [6.07, 6.45) is 2.01. The molecule has 0 aliphatic carbocycles. The van der Waals surface area contributed by atoms with Gasteiger partial charge in [-0.25, -0.2) is 0 Å². The molecule has 0 radical (unpaired) electrons. The molecule has 0 unspecified atom stereocenters. The number of hydrogen-bond donors (Lipinski definition) is 2. The summed E-state index contributed by atoms with van der Waals surface area (Å²) in [5, 5.41) is 14.0. The fraction of sp³-hybridized carbons (Fsp3) is 0.263. The fourth-order valence-corrected chi connectivity index (χ4v) is 2.74. The highest BCUT2D eigenvalue weighted by Gasteiger charge is 2.10. The quantitative estimate of drug-likeness (QED) is 0.701. The second kappa shape index (κ2) is 7.86. The molecule has 8 nitrogen and oxygen atoms in total. The zero-order valence-corrected chi connectivity index (χ0v) is 15.6. The number of nitrogens with zero attached hydrogens (tertiary/aromatic N) is 4. The largest absolute Gasteiger partial charge is 0.326 e. The molecule has 0 aliphatic rings. The number of carbonyl (C=O) groups is 2. The second-order valence-electron chi connectivity index (χ2n) is 6.36. The lowest BCUT2D eigenvalue weighted by molar-refractivity contribution is -0.116. The van der Waals surface area contributed by atoms with E-state index >= 15 is 0 Å². The van der Waals surface area contributed by atoms with Crippen LogP contribution in [0.25, 0.3) is 0 Å². The average Bonchev–Trinajstić information content (AvgIpc) is 3.18. The molecule has 2 aromatic heterocycles. The summed E-state index contributed by atoms with van der Waals surface area (Å²) in [7, 11) is 1.75. The van der Waals surface area contributed by atoms with Gasteiger partial charge in [-0.15, -0.1) is 0 Å². The Balaban J connectivity index is 1.57. The lowest BCUT2D eigenvalue weighted by atomic mass is 10.2. The van der Waals surface area contributed by atoms with Crippen LogP contribution in [0.5, 0.6) is 0 Å². The number of anilines is 2. The van der Waals surface area contributed by atoms with Crippen molar-refractivity contribution in [2.24, 2.45) is 7.05 Å². The zero-order valence-electron chi connectivity index (χ0n) is 15.6. The van der Waals surface area contributed by atoms with Gasteiger partial charge in [-0.1, -0.05) is 6.07 Å². The fourth-order valence-electron chi connectivity index (χ4n) is 2.74. The van der Waals surface area contributed by atoms with E-state index in [1.807, 2.05) is 24.6 Å². The van der Waals surface area contributed by atoms with Crippen LogP contribution < -0.4 is 10.6 Å². The van der Waals surface area contributed by atoms with Crippen LogP contribution in [0.3, 0.4) is 0 Å². The maximum Gasteiger partial charge on any atom is 0.276 e. The van der Waals surface area contributed by atoms with Gasteiger partial charge in [0.1, 0.15) is 0 Å². The van der Waals surface area contributed by atoms with Crippen LogP contribution in [0.15, 0.2) is 42.6 Å². The number of aryl methyl sites for hydroxylation is 4. The number of nitrogens with one attached hydrogen (secondary N) is 2. The molecule has 2 heterocycles. The zero-order chi connectivity index (χ0) is 19.4. The number of benzene rings is 1. The molecule has 0 bridgehead atoms. The van der Waals surface area contributed by atoms with E-state index in [9.17, 15) is 9.59 Å². The first-order chi connectivity index (χ1) is 12.9. The highest BCUT2D eigenvalue weighted by molar-refractivity contribution is 6.03. The van der Waals surface area contributed by atoms with Gasteiger partial charge < -0.3 is 10.6 Å². The van der Waals surface area contributed by atoms with Crippen molar-refractivity contribution in [3.8, 4) is 0 Å². The molecule has 2 N–H and O–H groups in total. The van der Waals surface area contributed by atoms with Gasteiger partial charge in [0.2, 0.25) is 5.91 Å². The van der Waals surface area contributed by atoms with Crippen molar-refractivity contribution in [3.63, 3.8) is 0 Å². The van der Waals surface area contributed by atoms with Crippen LogP contribution in [0, 0.1) is 13.8 Å². The molecule has 3 rings (SSSR count). The Labute approximate surface area is 157 Å². The molecule has 1 aromatic carbocycles. The summed E-state index contributed by atoms with van der Waals surface area (Å²) < 4.78 is 3.38. The Hall–Kier alpha value is -3.42. The summed E-state index contributed by atoms with van der Waals surface area (Å²) in [5.74, 6) is -0.417. The van der Waals surface area contributed by atoms with E-state index in [0.717, 1.165) is 11.4 Å². The van der Waals surface area contributed by atoms with E-state index in [1.165, 1.54) is 0 Å². The van der Waals surface area contributed by atoms with Crippen molar-refractivity contribution in [1.29, 1.82) is 0 Å². The van der Waals surface area contributed by atoms with E-state index in [-0.39, 0.29) is 11.8 Å². The van der Waals surface area contributed by atoms with Gasteiger partial charge >= 0.3 is 0 Å². The molecule has 140 valence electrons. The Kier molecular flexibility index (Phi) is 5.35. The van der Waals surface area contributed by atoms with E-state index in [4.69, 9.17) is 0 Å². The lowest BCUT2D eigenvalue weighted by Gasteiger charge is -2.09. The molecule has 27 heavy (non-hydrogen) atoms. The molecule has 0 saturated heterocycles. The second-order valence-corrected chi connectivity index (χ2v) is 6.36. The molecule has 0 spiro atoms. The van der Waals surface area contributed by atoms with Crippen molar-refractivity contribution < 1.29 is 9.59 Å². The van der Waals surface area contributed by atoms with Crippen LogP contribution in [0.2, 0.25) is 0 Å². The summed E-state index contributed by atoms with van der Waals surface area (Å²) in [6.45, 7) is 4.40. The minimum atomic E-state index is -0.302. The standard InChI is InChI=1S/C19H22N6O2/c1-13-11-14(2)25(22-13)10-8-18(26)20-15-5-4-6-16(12-15)21-19(27)17-7-9-24(3)23-17/h4-7,9,11-12H,8,10H2,1-3H3,(H,20,26)(H,21,27). The van der Waals surface area contributed by atoms with E-state index in [2.05, 4.69) is 20.8 Å². The number of hydrogen-bond acceptors (Lipinski definition) is 4. The molecule has 3 aromatic rings. The number of rotatable bonds is 6. The maximum absolute atomic E-state index is 12.2. The normalized spacial score (nSPS) is 10.6. The van der Waals surface area contributed by atoms with Crippen LogP contribution in [0.1, 0.15) is 28.3 Å². The summed E-state index contributed by atoms with van der Waals surface area (Å²) >= 11 is 0. The van der Waals surface area contributed by atoms with Crippen LogP contribution in [-0.4, -0.2) is 31.4 Å². The van der Waals surface area contributed by atoms with Crippen molar-refractivity contribution in [3.05, 3.63) is 59.7 Å². The Bertz CT molecular complexity index is 972. The number of amides is 2. The maximum atomic E-state index is 12.2. The van der Waals surface area contributed by atoms with Gasteiger partial charge in [-0.05, 0) is 44.2 Å². The van der Waals surface area contributed by atoms with Crippen molar-refractivity contribution >= 4 is 23.2 Å². The third kappa shape index (κ3) is 4.81. The van der Waals surface area contributed by atoms with Gasteiger partial charge in [0, 0.05) is 43.3 Å². The van der Waals surface area contributed by atoms with Gasteiger partial charge in [-0.3, -0.25) is 19.0 Å². The van der Waals surface area contributed by atoms with Crippen LogP contribution >= 0.6 is 0 Å². The lowest BCUT2D eigenvalue weighted by Crippen LogP contribution is -2.16. The highest BCUT2D eigenvalue weighted by Crippen LogP contribution is 2.16. The first-order valence-corrected chi connectivity index (χ1v) is 8.62. The summed E-state index contributed by atoms with van der Waals surface area (Å²) in [6, 6.07) is 10.6. The molecule has 0 atom stereocenters. The molecular weight excluding hydrogens is 344 g/mol. The molecule has 0 saturated carbocycles. The molecule has 2 amide bonds. The van der Waals surface area contributed by atoms with Crippen LogP contribution in [-0.2, 0) is 18.4 Å². The smallest absolute Gasteiger partial charge is 0.276 e. The van der Waals surface area contributed by atoms with Gasteiger partial charge in [0.15, 0.2) is 5.69 Å². The predicted octanol–water partition coefficient (Wildman–Crippen LogP) is 2.51. The predicted molar refractivity (Wildman–Crippen MR) is 103 cm³/mol. The third-order valence-electron chi connectivity index (χ3n) is 4.00. The number of aromatic nitrogens is 4. The third-order valence-corrected chi connectivity index (χ3v) is 4.00. The van der Waals surface area contributed by atoms with E-state index in [0.29, 0.717) is 30.0 Å². The topological polar surface area (TPSA) is 93.8 Å². The first-order valence-electron chi connectivity index (χ1n) is 8.62. The average molecular weight is 366 g/mol. The summed E-state index contributed by atoms with van der Waals surface area (Å²) in [4.78, 5) is 24.4. The van der Waals surface area contributed by atoms with Gasteiger partial charge in [-0.2, -0.15) is 10.2 Å². The Morgan fingerprint density at radius 3 is 2.41 bits per heavy atom. The highest BCUT2D eigenvalue weighted by atomic mass is 16.2. The SMILES string of the molecule is Cc1cc(C)n(CCC(=O)Nc2cccc(NC(=O)c3ccn(C)n3)c2)n1. The van der Waals surface area contributed by atoms with Crippen molar-refractivity contribution in [2.75, 3.05) is 10.6 Å². The summed E-state index contributed by atoms with van der Waals surface area (Å²) in [5.41, 5.74) is 3.50. The van der Waals surface area contributed by atoms with Crippen molar-refractivity contribution in [2.45, 2.75) is 26.8 Å². The molecule has 0 fully saturated rings. The van der Waals surface area contributed by atoms with Gasteiger partial charge in [0.05, 0.1) is 5.69 Å². The van der Waals surface area contributed by atoms with Gasteiger partial charge in [0.25, 0.3) is 5.91 Å². The first kappa shape index (κ1) is 18.4.